The van der Waals surface area contributed by atoms with Crippen molar-refractivity contribution >= 4 is 0 Å². The lowest BCUT2D eigenvalue weighted by atomic mass is 10.4. The van der Waals surface area contributed by atoms with Crippen molar-refractivity contribution in [1.82, 2.24) is 4.57 Å². The van der Waals surface area contributed by atoms with Crippen molar-refractivity contribution in [1.29, 1.82) is 0 Å². The van der Waals surface area contributed by atoms with Crippen molar-refractivity contribution in [3.05, 3.63) is 24.5 Å². The third-order valence-corrected chi connectivity index (χ3v) is 1.71. The summed E-state index contributed by atoms with van der Waals surface area (Å²) in [6.45, 7) is 2.93. The molecule has 0 aromatic carbocycles. The van der Waals surface area contributed by atoms with Crippen LogP contribution in [0.2, 0.25) is 0 Å². The van der Waals surface area contributed by atoms with Gasteiger partial charge in [0.25, 0.3) is 0 Å². The van der Waals surface area contributed by atoms with Crippen molar-refractivity contribution in [2.75, 3.05) is 6.61 Å². The molecule has 1 aromatic rings. The SMILES string of the molecule is CC1(n2cccc2)CO1. The second kappa shape index (κ2) is 1.39. The van der Waals surface area contributed by atoms with Crippen molar-refractivity contribution in [2.45, 2.75) is 12.6 Å². The highest BCUT2D eigenvalue weighted by Gasteiger charge is 2.40. The monoisotopic (exact) mass is 123 g/mol. The quantitative estimate of drug-likeness (QED) is 0.513. The van der Waals surface area contributed by atoms with E-state index in [0.29, 0.717) is 0 Å². The standard InChI is InChI=1S/C7H9NO/c1-7(6-9-7)8-4-2-3-5-8/h2-5H,6H2,1H3. The maximum Gasteiger partial charge on any atom is 0.165 e. The largest absolute Gasteiger partial charge is 0.348 e. The van der Waals surface area contributed by atoms with Crippen LogP contribution in [0, 0.1) is 0 Å². The Morgan fingerprint density at radius 1 is 1.44 bits per heavy atom. The second-order valence-corrected chi connectivity index (χ2v) is 2.55. The van der Waals surface area contributed by atoms with Crippen LogP contribution in [0.15, 0.2) is 24.5 Å². The summed E-state index contributed by atoms with van der Waals surface area (Å²) in [6, 6.07) is 4.01. The van der Waals surface area contributed by atoms with E-state index in [0.717, 1.165) is 6.61 Å². The van der Waals surface area contributed by atoms with E-state index in [9.17, 15) is 0 Å². The number of ether oxygens (including phenoxy) is 1. The molecule has 0 aliphatic carbocycles. The molecule has 0 amide bonds. The van der Waals surface area contributed by atoms with Crippen LogP contribution in [0.25, 0.3) is 0 Å². The first-order valence-electron chi connectivity index (χ1n) is 3.09. The molecule has 48 valence electrons. The van der Waals surface area contributed by atoms with Gasteiger partial charge in [-0.25, -0.2) is 0 Å². The Hall–Kier alpha value is -0.760. The van der Waals surface area contributed by atoms with Gasteiger partial charge in [0.1, 0.15) is 0 Å². The van der Waals surface area contributed by atoms with E-state index >= 15 is 0 Å². The predicted molar refractivity (Wildman–Crippen MR) is 34.0 cm³/mol. The van der Waals surface area contributed by atoms with Crippen LogP contribution in [0.5, 0.6) is 0 Å². The van der Waals surface area contributed by atoms with Crippen molar-refractivity contribution in [3.8, 4) is 0 Å². The van der Waals surface area contributed by atoms with E-state index in [4.69, 9.17) is 4.74 Å². The number of aromatic nitrogens is 1. The Labute approximate surface area is 54.1 Å². The molecule has 1 atom stereocenters. The topological polar surface area (TPSA) is 17.5 Å². The van der Waals surface area contributed by atoms with Crippen LogP contribution in [-0.4, -0.2) is 11.2 Å². The molecular formula is C7H9NO. The first-order chi connectivity index (χ1) is 4.31. The van der Waals surface area contributed by atoms with Crippen LogP contribution in [0.3, 0.4) is 0 Å². The lowest BCUT2D eigenvalue weighted by molar-refractivity contribution is 0.247. The smallest absolute Gasteiger partial charge is 0.165 e. The van der Waals surface area contributed by atoms with Crippen LogP contribution in [-0.2, 0) is 10.5 Å². The van der Waals surface area contributed by atoms with Gasteiger partial charge in [-0.3, -0.25) is 0 Å². The number of nitrogens with zero attached hydrogens (tertiary/aromatic N) is 1. The average Bonchev–Trinajstić information content (AvgIpc) is 2.46. The molecule has 2 rings (SSSR count). The lowest BCUT2D eigenvalue weighted by Crippen LogP contribution is -2.10. The van der Waals surface area contributed by atoms with Crippen molar-refractivity contribution < 1.29 is 4.74 Å². The maximum atomic E-state index is 5.20. The molecule has 1 aliphatic heterocycles. The summed E-state index contributed by atoms with van der Waals surface area (Å²) in [5, 5.41) is 0. The molecule has 2 heteroatoms. The molecule has 9 heavy (non-hydrogen) atoms. The van der Waals surface area contributed by atoms with E-state index in [1.807, 2.05) is 24.5 Å². The minimum Gasteiger partial charge on any atom is -0.348 e. The molecule has 2 nitrogen and oxygen atoms in total. The average molecular weight is 123 g/mol. The second-order valence-electron chi connectivity index (χ2n) is 2.55. The Morgan fingerprint density at radius 2 is 2.00 bits per heavy atom. The van der Waals surface area contributed by atoms with Crippen LogP contribution >= 0.6 is 0 Å². The fourth-order valence-corrected chi connectivity index (χ4v) is 0.903. The van der Waals surface area contributed by atoms with E-state index in [1.54, 1.807) is 0 Å². The fraction of sp³-hybridized carbons (Fsp3) is 0.429. The number of epoxide rings is 1. The minimum absolute atomic E-state index is 0.0104. The van der Waals surface area contributed by atoms with Gasteiger partial charge in [-0.1, -0.05) is 0 Å². The molecule has 0 radical (unpaired) electrons. The first-order valence-corrected chi connectivity index (χ1v) is 3.09. The van der Waals surface area contributed by atoms with Gasteiger partial charge in [0.05, 0.1) is 6.61 Å². The highest BCUT2D eigenvalue weighted by atomic mass is 16.6. The van der Waals surface area contributed by atoms with Gasteiger partial charge in [0.15, 0.2) is 5.72 Å². The summed E-state index contributed by atoms with van der Waals surface area (Å²) in [5.41, 5.74) is -0.0104. The Bertz CT molecular complexity index is 199. The molecule has 0 bridgehead atoms. The predicted octanol–water partition coefficient (Wildman–Crippen LogP) is 1.19. The van der Waals surface area contributed by atoms with Crippen LogP contribution in [0.4, 0.5) is 0 Å². The molecule has 1 aliphatic rings. The summed E-state index contributed by atoms with van der Waals surface area (Å²) < 4.78 is 7.28. The summed E-state index contributed by atoms with van der Waals surface area (Å²) in [6.07, 6.45) is 4.04. The maximum absolute atomic E-state index is 5.20. The normalized spacial score (nSPS) is 32.6. The molecule has 1 aromatic heterocycles. The zero-order valence-corrected chi connectivity index (χ0v) is 5.37. The van der Waals surface area contributed by atoms with Crippen LogP contribution in [0.1, 0.15) is 6.92 Å². The van der Waals surface area contributed by atoms with E-state index in [2.05, 4.69) is 11.5 Å². The zero-order valence-electron chi connectivity index (χ0n) is 5.37. The fourth-order valence-electron chi connectivity index (χ4n) is 0.903. The Morgan fingerprint density at radius 3 is 2.44 bits per heavy atom. The lowest BCUT2D eigenvalue weighted by Gasteiger charge is -2.04. The van der Waals surface area contributed by atoms with Gasteiger partial charge in [0, 0.05) is 12.4 Å². The Balaban J connectivity index is 2.34. The van der Waals surface area contributed by atoms with Gasteiger partial charge in [-0.2, -0.15) is 0 Å². The highest BCUT2D eigenvalue weighted by molar-refractivity contribution is 4.98. The first kappa shape index (κ1) is 5.06. The summed E-state index contributed by atoms with van der Waals surface area (Å²) in [5.74, 6) is 0. The number of hydrogen-bond donors (Lipinski definition) is 0. The van der Waals surface area contributed by atoms with Gasteiger partial charge >= 0.3 is 0 Å². The summed E-state index contributed by atoms with van der Waals surface area (Å²) in [4.78, 5) is 0. The van der Waals surface area contributed by atoms with Crippen molar-refractivity contribution in [3.63, 3.8) is 0 Å². The van der Waals surface area contributed by atoms with Gasteiger partial charge < -0.3 is 9.30 Å². The zero-order chi connectivity index (χ0) is 6.32. The molecule has 2 heterocycles. The minimum atomic E-state index is -0.0104. The van der Waals surface area contributed by atoms with Gasteiger partial charge in [-0.05, 0) is 19.1 Å². The third kappa shape index (κ3) is 0.669. The van der Waals surface area contributed by atoms with Gasteiger partial charge in [-0.15, -0.1) is 0 Å². The van der Waals surface area contributed by atoms with E-state index < -0.39 is 0 Å². The molecule has 1 unspecified atom stereocenters. The molecule has 0 saturated carbocycles. The van der Waals surface area contributed by atoms with E-state index in [-0.39, 0.29) is 5.72 Å². The molecular weight excluding hydrogens is 114 g/mol. The summed E-state index contributed by atoms with van der Waals surface area (Å²) >= 11 is 0. The highest BCUT2D eigenvalue weighted by Crippen LogP contribution is 2.31. The Kier molecular flexibility index (Phi) is 0.781. The van der Waals surface area contributed by atoms with Crippen molar-refractivity contribution in [2.24, 2.45) is 0 Å². The number of hydrogen-bond acceptors (Lipinski definition) is 1. The molecule has 0 N–H and O–H groups in total. The summed E-state index contributed by atoms with van der Waals surface area (Å²) in [7, 11) is 0. The molecule has 0 spiro atoms. The molecule has 1 saturated heterocycles. The van der Waals surface area contributed by atoms with Crippen LogP contribution < -0.4 is 0 Å². The van der Waals surface area contributed by atoms with E-state index in [1.165, 1.54) is 0 Å². The third-order valence-electron chi connectivity index (χ3n) is 1.71. The molecule has 1 fully saturated rings. The number of rotatable bonds is 1. The van der Waals surface area contributed by atoms with Gasteiger partial charge in [0.2, 0.25) is 0 Å².